The molecule has 3 unspecified atom stereocenters. The minimum absolute atomic E-state index is 0.0815. The third-order valence-electron chi connectivity index (χ3n) is 4.75. The average Bonchev–Trinajstić information content (AvgIpc) is 3.02. The number of benzene rings is 1. The number of nitro groups is 1. The summed E-state index contributed by atoms with van der Waals surface area (Å²) in [6, 6.07) is 5.12. The second kappa shape index (κ2) is 5.35. The molecule has 0 amide bonds. The molecule has 1 aromatic carbocycles. The van der Waals surface area contributed by atoms with Gasteiger partial charge in [0.2, 0.25) is 5.95 Å². The fourth-order valence-electron chi connectivity index (χ4n) is 3.38. The zero-order valence-electron chi connectivity index (χ0n) is 12.3. The number of nitrogens with one attached hydrogen (secondary N) is 2. The lowest BCUT2D eigenvalue weighted by Gasteiger charge is -2.20. The summed E-state index contributed by atoms with van der Waals surface area (Å²) in [5, 5.41) is 14.3. The summed E-state index contributed by atoms with van der Waals surface area (Å²) in [6.45, 7) is 4.52. The molecule has 1 aliphatic carbocycles. The van der Waals surface area contributed by atoms with Gasteiger partial charge in [-0.3, -0.25) is 10.1 Å². The van der Waals surface area contributed by atoms with Gasteiger partial charge in [0.05, 0.1) is 16.0 Å². The van der Waals surface area contributed by atoms with Crippen molar-refractivity contribution in [1.82, 2.24) is 9.97 Å². The maximum absolute atomic E-state index is 10.8. The van der Waals surface area contributed by atoms with Crippen LogP contribution in [0.2, 0.25) is 0 Å². The van der Waals surface area contributed by atoms with Crippen molar-refractivity contribution in [3.63, 3.8) is 0 Å². The molecule has 1 saturated carbocycles. The van der Waals surface area contributed by atoms with Crippen LogP contribution < -0.4 is 5.32 Å². The van der Waals surface area contributed by atoms with Crippen LogP contribution in [-0.4, -0.2) is 20.9 Å². The van der Waals surface area contributed by atoms with Crippen molar-refractivity contribution < 1.29 is 4.92 Å². The number of aromatic amines is 1. The molecule has 1 aliphatic rings. The molecule has 0 aliphatic heterocycles. The first kappa shape index (κ1) is 13.9. The molecule has 1 aromatic heterocycles. The van der Waals surface area contributed by atoms with Crippen LogP contribution >= 0.6 is 0 Å². The summed E-state index contributed by atoms with van der Waals surface area (Å²) < 4.78 is 0. The molecule has 21 heavy (non-hydrogen) atoms. The lowest BCUT2D eigenvalue weighted by Crippen LogP contribution is -2.25. The van der Waals surface area contributed by atoms with E-state index in [0.29, 0.717) is 23.4 Å². The molecule has 1 fully saturated rings. The Morgan fingerprint density at radius 2 is 2.29 bits per heavy atom. The SMILES string of the molecule is CCC1CCC(Nc2nc3ccc([N+](=O)[O-])cc3[nH]2)C1C. The van der Waals surface area contributed by atoms with E-state index in [1.165, 1.54) is 25.0 Å². The number of nitrogens with zero attached hydrogens (tertiary/aromatic N) is 2. The topological polar surface area (TPSA) is 83.8 Å². The Bertz CT molecular complexity index is 667. The Hall–Kier alpha value is -2.11. The van der Waals surface area contributed by atoms with E-state index in [9.17, 15) is 10.1 Å². The number of hydrogen-bond donors (Lipinski definition) is 2. The second-order valence-electron chi connectivity index (χ2n) is 5.90. The lowest BCUT2D eigenvalue weighted by molar-refractivity contribution is -0.384. The number of aromatic nitrogens is 2. The van der Waals surface area contributed by atoms with Gasteiger partial charge in [-0.15, -0.1) is 0 Å². The molecule has 3 atom stereocenters. The van der Waals surface area contributed by atoms with Gasteiger partial charge in [0, 0.05) is 18.2 Å². The number of hydrogen-bond acceptors (Lipinski definition) is 4. The zero-order valence-corrected chi connectivity index (χ0v) is 12.3. The molecular weight excluding hydrogens is 268 g/mol. The minimum atomic E-state index is -0.391. The van der Waals surface area contributed by atoms with Crippen molar-refractivity contribution in [2.45, 2.75) is 39.2 Å². The summed E-state index contributed by atoms with van der Waals surface area (Å²) in [5.41, 5.74) is 1.53. The first-order chi connectivity index (χ1) is 10.1. The van der Waals surface area contributed by atoms with Crippen LogP contribution in [0.4, 0.5) is 11.6 Å². The third kappa shape index (κ3) is 2.57. The number of fused-ring (bicyclic) bond motifs is 1. The summed E-state index contributed by atoms with van der Waals surface area (Å²) in [4.78, 5) is 18.0. The first-order valence-corrected chi connectivity index (χ1v) is 7.49. The quantitative estimate of drug-likeness (QED) is 0.663. The number of non-ortho nitro benzene ring substituents is 1. The van der Waals surface area contributed by atoms with Crippen molar-refractivity contribution in [2.24, 2.45) is 11.8 Å². The number of nitro benzene ring substituents is 1. The van der Waals surface area contributed by atoms with Gasteiger partial charge >= 0.3 is 0 Å². The highest BCUT2D eigenvalue weighted by molar-refractivity contribution is 5.79. The number of imidazole rings is 1. The molecule has 0 bridgehead atoms. The molecule has 2 N–H and O–H groups in total. The average molecular weight is 288 g/mol. The fraction of sp³-hybridized carbons (Fsp3) is 0.533. The first-order valence-electron chi connectivity index (χ1n) is 7.49. The van der Waals surface area contributed by atoms with Crippen LogP contribution in [0.3, 0.4) is 0 Å². The summed E-state index contributed by atoms with van der Waals surface area (Å²) >= 11 is 0. The van der Waals surface area contributed by atoms with Crippen LogP contribution in [0, 0.1) is 22.0 Å². The summed E-state index contributed by atoms with van der Waals surface area (Å²) in [5.74, 6) is 2.10. The van der Waals surface area contributed by atoms with E-state index in [1.807, 2.05) is 0 Å². The monoisotopic (exact) mass is 288 g/mol. The highest BCUT2D eigenvalue weighted by Gasteiger charge is 2.31. The number of H-pyrrole nitrogens is 1. The van der Waals surface area contributed by atoms with Crippen LogP contribution in [-0.2, 0) is 0 Å². The largest absolute Gasteiger partial charge is 0.353 e. The van der Waals surface area contributed by atoms with Crippen molar-refractivity contribution >= 4 is 22.7 Å². The van der Waals surface area contributed by atoms with Crippen molar-refractivity contribution in [1.29, 1.82) is 0 Å². The van der Waals surface area contributed by atoms with Gasteiger partial charge in [-0.1, -0.05) is 20.3 Å². The Kier molecular flexibility index (Phi) is 3.53. The predicted octanol–water partition coefficient (Wildman–Crippen LogP) is 3.71. The maximum atomic E-state index is 10.8. The second-order valence-corrected chi connectivity index (χ2v) is 5.90. The Labute approximate surface area is 123 Å². The lowest BCUT2D eigenvalue weighted by atomic mass is 9.94. The number of rotatable bonds is 4. The van der Waals surface area contributed by atoms with Gasteiger partial charge in [-0.25, -0.2) is 4.98 Å². The van der Waals surface area contributed by atoms with Gasteiger partial charge < -0.3 is 10.3 Å². The standard InChI is InChI=1S/C15H20N4O2/c1-3-10-4-6-12(9(10)2)16-15-17-13-7-5-11(19(20)21)8-14(13)18-15/h5,7-10,12H,3-4,6H2,1-2H3,(H2,16,17,18). The van der Waals surface area contributed by atoms with E-state index in [4.69, 9.17) is 0 Å². The van der Waals surface area contributed by atoms with E-state index in [0.717, 1.165) is 17.9 Å². The van der Waals surface area contributed by atoms with Crippen molar-refractivity contribution in [2.75, 3.05) is 5.32 Å². The molecule has 3 rings (SSSR count). The van der Waals surface area contributed by atoms with E-state index in [-0.39, 0.29) is 5.69 Å². The van der Waals surface area contributed by atoms with Crippen LogP contribution in [0.1, 0.15) is 33.1 Å². The van der Waals surface area contributed by atoms with Gasteiger partial charge in [0.25, 0.3) is 5.69 Å². The van der Waals surface area contributed by atoms with E-state index < -0.39 is 4.92 Å². The van der Waals surface area contributed by atoms with Crippen LogP contribution in [0.5, 0.6) is 0 Å². The Morgan fingerprint density at radius 3 is 2.95 bits per heavy atom. The van der Waals surface area contributed by atoms with E-state index in [1.54, 1.807) is 6.07 Å². The van der Waals surface area contributed by atoms with Crippen molar-refractivity contribution in [3.05, 3.63) is 28.3 Å². The maximum Gasteiger partial charge on any atom is 0.271 e. The fourth-order valence-corrected chi connectivity index (χ4v) is 3.38. The van der Waals surface area contributed by atoms with E-state index in [2.05, 4.69) is 29.1 Å². The zero-order chi connectivity index (χ0) is 15.0. The van der Waals surface area contributed by atoms with Gasteiger partial charge in [0.1, 0.15) is 0 Å². The molecule has 2 aromatic rings. The molecule has 6 nitrogen and oxygen atoms in total. The molecule has 0 radical (unpaired) electrons. The highest BCUT2D eigenvalue weighted by atomic mass is 16.6. The molecule has 6 heteroatoms. The molecule has 0 saturated heterocycles. The molecule has 0 spiro atoms. The smallest absolute Gasteiger partial charge is 0.271 e. The predicted molar refractivity (Wildman–Crippen MR) is 82.3 cm³/mol. The Balaban J connectivity index is 1.80. The third-order valence-corrected chi connectivity index (χ3v) is 4.75. The molecular formula is C15H20N4O2. The number of anilines is 1. The van der Waals surface area contributed by atoms with Gasteiger partial charge in [-0.05, 0) is 30.7 Å². The molecule has 1 heterocycles. The molecule has 112 valence electrons. The van der Waals surface area contributed by atoms with Gasteiger partial charge in [0.15, 0.2) is 0 Å². The highest BCUT2D eigenvalue weighted by Crippen LogP contribution is 2.35. The normalized spacial score (nSPS) is 25.3. The van der Waals surface area contributed by atoms with Gasteiger partial charge in [-0.2, -0.15) is 0 Å². The van der Waals surface area contributed by atoms with Crippen LogP contribution in [0.25, 0.3) is 11.0 Å². The minimum Gasteiger partial charge on any atom is -0.353 e. The summed E-state index contributed by atoms with van der Waals surface area (Å²) in [7, 11) is 0. The van der Waals surface area contributed by atoms with Crippen LogP contribution in [0.15, 0.2) is 18.2 Å². The van der Waals surface area contributed by atoms with Crippen molar-refractivity contribution in [3.8, 4) is 0 Å². The van der Waals surface area contributed by atoms with E-state index >= 15 is 0 Å². The summed E-state index contributed by atoms with van der Waals surface area (Å²) in [6.07, 6.45) is 3.61. The Morgan fingerprint density at radius 1 is 1.48 bits per heavy atom.